The third-order valence-corrected chi connectivity index (χ3v) is 12.2. The number of rotatable bonds is 4. The zero-order valence-corrected chi connectivity index (χ0v) is 30.4. The number of piperazine rings is 1. The quantitative estimate of drug-likeness (QED) is 0.212. The normalized spacial score (nSPS) is 28.3. The Kier molecular flexibility index (Phi) is 7.70. The monoisotopic (exact) mass is 714 g/mol. The second kappa shape index (κ2) is 11.9. The van der Waals surface area contributed by atoms with E-state index in [0.29, 0.717) is 59.3 Å². The lowest BCUT2D eigenvalue weighted by molar-refractivity contribution is 0.00692. The number of pyridine rings is 1. The molecule has 4 aromatic rings. The van der Waals surface area contributed by atoms with E-state index in [1.807, 2.05) is 37.8 Å². The highest BCUT2D eigenvalue weighted by Crippen LogP contribution is 2.48. The largest absolute Gasteiger partial charge is 0.461 e. The summed E-state index contributed by atoms with van der Waals surface area (Å²) >= 11 is 0. The van der Waals surface area contributed by atoms with E-state index >= 15 is 8.78 Å². The number of anilines is 1. The zero-order chi connectivity index (χ0) is 36.3. The van der Waals surface area contributed by atoms with Crippen molar-refractivity contribution in [1.29, 1.82) is 0 Å². The minimum Gasteiger partial charge on any atom is -0.461 e. The van der Waals surface area contributed by atoms with Crippen molar-refractivity contribution in [2.75, 3.05) is 31.1 Å². The van der Waals surface area contributed by atoms with Gasteiger partial charge in [0.1, 0.15) is 41.2 Å². The van der Waals surface area contributed by atoms with Gasteiger partial charge in [-0.2, -0.15) is 9.97 Å². The number of benzene rings is 2. The topological polar surface area (TPSA) is 83.9 Å². The number of alkyl halides is 1. The predicted molar refractivity (Wildman–Crippen MR) is 193 cm³/mol. The van der Waals surface area contributed by atoms with Crippen molar-refractivity contribution in [3.05, 3.63) is 53.2 Å². The van der Waals surface area contributed by atoms with E-state index in [4.69, 9.17) is 24.4 Å². The first-order valence-electron chi connectivity index (χ1n) is 18.7. The Labute approximate surface area is 301 Å². The van der Waals surface area contributed by atoms with E-state index in [1.165, 1.54) is 6.07 Å². The summed E-state index contributed by atoms with van der Waals surface area (Å²) in [6.45, 7) is 11.3. The number of hydrogen-bond acceptors (Lipinski definition) is 8. The summed E-state index contributed by atoms with van der Waals surface area (Å²) in [5.41, 5.74) is 0.663. The van der Waals surface area contributed by atoms with Crippen molar-refractivity contribution in [2.24, 2.45) is 0 Å². The molecule has 0 radical (unpaired) electrons. The molecular weight excluding hydrogens is 669 g/mol. The van der Waals surface area contributed by atoms with Crippen LogP contribution in [-0.2, 0) is 4.74 Å². The maximum Gasteiger partial charge on any atom is 0.410 e. The second-order valence-electron chi connectivity index (χ2n) is 16.7. The van der Waals surface area contributed by atoms with Crippen molar-refractivity contribution in [3.63, 3.8) is 0 Å². The van der Waals surface area contributed by atoms with Crippen LogP contribution in [0.15, 0.2) is 30.3 Å². The van der Waals surface area contributed by atoms with Crippen molar-refractivity contribution < 1.29 is 27.4 Å². The van der Waals surface area contributed by atoms with Gasteiger partial charge in [-0.3, -0.25) is 9.80 Å². The first kappa shape index (κ1) is 33.6. The van der Waals surface area contributed by atoms with Crippen LogP contribution in [0.25, 0.3) is 32.9 Å². The SMILES string of the molecule is Cc1c(F)ccc2cccc(-c3nc4c5c(nc(OC[C@@]67CCCN6C[C@H](F)C7)nc5c3F)N3C[C@H]5CC[C@@H]([C@H]3C[C@H]4C)N5C(=O)OC(C)(C)C)c12. The van der Waals surface area contributed by atoms with Crippen LogP contribution < -0.4 is 9.64 Å². The fourth-order valence-electron chi connectivity index (χ4n) is 9.99. The minimum atomic E-state index is -0.923. The minimum absolute atomic E-state index is 0.0309. The first-order chi connectivity index (χ1) is 24.8. The number of carbonyl (C=O) groups excluding carboxylic acids is 1. The first-order valence-corrected chi connectivity index (χ1v) is 18.7. The Bertz CT molecular complexity index is 2120. The number of fused-ring (bicyclic) bond motifs is 7. The average Bonchev–Trinajstić information content (AvgIpc) is 3.72. The van der Waals surface area contributed by atoms with Crippen LogP contribution in [0.1, 0.15) is 83.4 Å². The van der Waals surface area contributed by atoms with Crippen LogP contribution in [-0.4, -0.2) is 92.5 Å². The molecule has 2 aromatic heterocycles. The molecule has 0 spiro atoms. The molecule has 12 heteroatoms. The third kappa shape index (κ3) is 5.21. The maximum atomic E-state index is 17.3. The Morgan fingerprint density at radius 2 is 1.87 bits per heavy atom. The van der Waals surface area contributed by atoms with E-state index in [0.717, 1.165) is 37.6 Å². The molecule has 0 N–H and O–H groups in total. The number of amides is 1. The van der Waals surface area contributed by atoms with Gasteiger partial charge in [-0.05, 0) is 88.7 Å². The van der Waals surface area contributed by atoms with Gasteiger partial charge in [0.15, 0.2) is 5.82 Å². The van der Waals surface area contributed by atoms with Crippen LogP contribution >= 0.6 is 0 Å². The van der Waals surface area contributed by atoms with E-state index in [9.17, 15) is 9.18 Å². The molecule has 6 atom stereocenters. The number of carbonyl (C=O) groups is 1. The van der Waals surface area contributed by atoms with Gasteiger partial charge in [0.25, 0.3) is 0 Å². The smallest absolute Gasteiger partial charge is 0.410 e. The summed E-state index contributed by atoms with van der Waals surface area (Å²) in [6, 6.07) is 8.25. The molecule has 0 unspecified atom stereocenters. The standard InChI is InChI=1S/C40H45F3N6O3/c1-21-16-29-28-13-11-25(49(28)38(50)52-39(3,4)5)19-48(29)36-31-33(21)44-34(26-9-6-8-23-10-12-27(42)22(2)30(23)26)32(43)35(31)45-37(46-36)51-20-40-14-7-15-47(40)18-24(41)17-40/h6,8-10,12,21,24-25,28-29H,7,11,13-20H2,1-5H3/t21-,24-,25-,28+,29-,40+/m1/s1. The molecule has 52 heavy (non-hydrogen) atoms. The van der Waals surface area contributed by atoms with Gasteiger partial charge >= 0.3 is 12.1 Å². The third-order valence-electron chi connectivity index (χ3n) is 12.2. The molecule has 4 saturated heterocycles. The maximum absolute atomic E-state index is 17.3. The van der Waals surface area contributed by atoms with Crippen LogP contribution in [0, 0.1) is 18.6 Å². The van der Waals surface area contributed by atoms with Gasteiger partial charge in [-0.1, -0.05) is 31.2 Å². The van der Waals surface area contributed by atoms with E-state index in [1.54, 1.807) is 19.1 Å². The highest BCUT2D eigenvalue weighted by molar-refractivity contribution is 6.02. The lowest BCUT2D eigenvalue weighted by atomic mass is 9.91. The summed E-state index contributed by atoms with van der Waals surface area (Å²) in [6.07, 6.45) is 3.17. The number of aryl methyl sites for hydroxylation is 1. The molecule has 0 saturated carbocycles. The van der Waals surface area contributed by atoms with Crippen LogP contribution in [0.2, 0.25) is 0 Å². The molecule has 7 heterocycles. The molecular formula is C40H45F3N6O3. The summed E-state index contributed by atoms with van der Waals surface area (Å²) < 4.78 is 59.4. The Morgan fingerprint density at radius 1 is 1.04 bits per heavy atom. The summed E-state index contributed by atoms with van der Waals surface area (Å²) in [7, 11) is 0. The second-order valence-corrected chi connectivity index (χ2v) is 16.7. The van der Waals surface area contributed by atoms with E-state index in [2.05, 4.69) is 16.7 Å². The Balaban J connectivity index is 1.21. The fraction of sp³-hybridized carbons (Fsp3) is 0.550. The summed E-state index contributed by atoms with van der Waals surface area (Å²) in [4.78, 5) is 34.8. The fourth-order valence-corrected chi connectivity index (χ4v) is 9.99. The van der Waals surface area contributed by atoms with Crippen molar-refractivity contribution in [1.82, 2.24) is 24.8 Å². The molecule has 1 amide bonds. The van der Waals surface area contributed by atoms with Crippen molar-refractivity contribution >= 4 is 33.6 Å². The molecule has 9 rings (SSSR count). The Morgan fingerprint density at radius 3 is 2.67 bits per heavy atom. The van der Waals surface area contributed by atoms with Crippen LogP contribution in [0.3, 0.4) is 0 Å². The van der Waals surface area contributed by atoms with Gasteiger partial charge in [-0.15, -0.1) is 0 Å². The number of hydrogen-bond donors (Lipinski definition) is 0. The molecule has 5 aliphatic heterocycles. The molecule has 4 fully saturated rings. The van der Waals surface area contributed by atoms with Crippen LogP contribution in [0.5, 0.6) is 6.01 Å². The zero-order valence-electron chi connectivity index (χ0n) is 30.4. The van der Waals surface area contributed by atoms with Gasteiger partial charge in [0, 0.05) is 31.0 Å². The lowest BCUT2D eigenvalue weighted by Gasteiger charge is -2.47. The predicted octanol–water partition coefficient (Wildman–Crippen LogP) is 7.85. The van der Waals surface area contributed by atoms with Gasteiger partial charge in [0.2, 0.25) is 0 Å². The number of halogens is 3. The molecule has 2 aromatic carbocycles. The van der Waals surface area contributed by atoms with Gasteiger partial charge in [0.05, 0.1) is 34.7 Å². The number of ether oxygens (including phenoxy) is 2. The van der Waals surface area contributed by atoms with E-state index in [-0.39, 0.29) is 59.8 Å². The number of nitrogens with zero attached hydrogens (tertiary/aromatic N) is 6. The molecule has 0 aliphatic carbocycles. The molecule has 5 aliphatic rings. The van der Waals surface area contributed by atoms with E-state index < -0.39 is 23.1 Å². The summed E-state index contributed by atoms with van der Waals surface area (Å²) in [5.74, 6) is -0.631. The van der Waals surface area contributed by atoms with Crippen molar-refractivity contribution in [2.45, 2.75) is 114 Å². The highest BCUT2D eigenvalue weighted by atomic mass is 19.1. The highest BCUT2D eigenvalue weighted by Gasteiger charge is 2.53. The lowest BCUT2D eigenvalue weighted by Crippen LogP contribution is -2.62. The van der Waals surface area contributed by atoms with Gasteiger partial charge < -0.3 is 14.4 Å². The van der Waals surface area contributed by atoms with Crippen LogP contribution in [0.4, 0.5) is 23.8 Å². The molecule has 9 nitrogen and oxygen atoms in total. The average molecular weight is 715 g/mol. The molecule has 274 valence electrons. The Hall–Kier alpha value is -4.19. The van der Waals surface area contributed by atoms with Crippen molar-refractivity contribution in [3.8, 4) is 17.3 Å². The number of aromatic nitrogens is 3. The van der Waals surface area contributed by atoms with Gasteiger partial charge in [-0.25, -0.2) is 22.9 Å². The summed E-state index contributed by atoms with van der Waals surface area (Å²) in [5, 5.41) is 1.90. The molecule has 2 bridgehead atoms.